The van der Waals surface area contributed by atoms with Crippen molar-refractivity contribution >= 4 is 5.71 Å². The summed E-state index contributed by atoms with van der Waals surface area (Å²) in [4.78, 5) is 0. The topological polar surface area (TPSA) is 23.9 Å². The number of rotatable bonds is 2. The van der Waals surface area contributed by atoms with Gasteiger partial charge in [-0.3, -0.25) is 0 Å². The molecular formula is C19H19N. The van der Waals surface area contributed by atoms with Crippen LogP contribution in [-0.4, -0.2) is 5.71 Å². The maximum absolute atomic E-state index is 8.14. The second-order valence-corrected chi connectivity index (χ2v) is 5.54. The second kappa shape index (κ2) is 5.46. The Morgan fingerprint density at radius 2 is 1.55 bits per heavy atom. The van der Waals surface area contributed by atoms with Gasteiger partial charge in [-0.05, 0) is 35.1 Å². The van der Waals surface area contributed by atoms with Crippen molar-refractivity contribution in [3.05, 3.63) is 72.3 Å². The molecule has 3 rings (SSSR count). The van der Waals surface area contributed by atoms with Gasteiger partial charge in [0.15, 0.2) is 0 Å². The molecule has 20 heavy (non-hydrogen) atoms. The molecule has 0 aromatic heterocycles. The molecule has 1 aliphatic rings. The van der Waals surface area contributed by atoms with E-state index >= 15 is 0 Å². The third kappa shape index (κ3) is 2.44. The first kappa shape index (κ1) is 12.9. The summed E-state index contributed by atoms with van der Waals surface area (Å²) in [5.74, 6) is 0.750. The monoisotopic (exact) mass is 261 g/mol. The lowest BCUT2D eigenvalue weighted by molar-refractivity contribution is 0.543. The second-order valence-electron chi connectivity index (χ2n) is 5.54. The van der Waals surface area contributed by atoms with Gasteiger partial charge in [0.25, 0.3) is 0 Å². The van der Waals surface area contributed by atoms with E-state index in [1.807, 2.05) is 12.1 Å². The maximum Gasteiger partial charge on any atom is 0.0388 e. The average molecular weight is 261 g/mol. The minimum Gasteiger partial charge on any atom is -0.305 e. The van der Waals surface area contributed by atoms with Crippen molar-refractivity contribution in [2.75, 3.05) is 0 Å². The Kier molecular flexibility index (Phi) is 3.51. The fourth-order valence-corrected chi connectivity index (χ4v) is 2.98. The molecule has 0 fully saturated rings. The number of allylic oxidation sites excluding steroid dienone is 2. The van der Waals surface area contributed by atoms with Crippen molar-refractivity contribution in [3.8, 4) is 11.1 Å². The molecule has 1 aliphatic carbocycles. The minimum absolute atomic E-state index is 0.241. The lowest BCUT2D eigenvalue weighted by Crippen LogP contribution is -2.20. The molecule has 1 heteroatoms. The van der Waals surface area contributed by atoms with Gasteiger partial charge < -0.3 is 5.41 Å². The van der Waals surface area contributed by atoms with E-state index in [1.54, 1.807) is 0 Å². The van der Waals surface area contributed by atoms with Crippen molar-refractivity contribution in [2.45, 2.75) is 19.3 Å². The highest BCUT2D eigenvalue weighted by atomic mass is 14.5. The van der Waals surface area contributed by atoms with Crippen LogP contribution in [0.15, 0.2) is 66.7 Å². The summed E-state index contributed by atoms with van der Waals surface area (Å²) in [6.45, 7) is 2.23. The van der Waals surface area contributed by atoms with Crippen molar-refractivity contribution in [2.24, 2.45) is 5.92 Å². The number of hydrogen-bond acceptors (Lipinski definition) is 1. The minimum atomic E-state index is 0.241. The van der Waals surface area contributed by atoms with Crippen molar-refractivity contribution in [1.82, 2.24) is 0 Å². The third-order valence-electron chi connectivity index (χ3n) is 4.09. The van der Waals surface area contributed by atoms with Crippen LogP contribution in [0, 0.1) is 11.3 Å². The van der Waals surface area contributed by atoms with Gasteiger partial charge >= 0.3 is 0 Å². The molecule has 0 radical (unpaired) electrons. The molecule has 2 unspecified atom stereocenters. The van der Waals surface area contributed by atoms with E-state index in [2.05, 4.69) is 61.5 Å². The SMILES string of the molecule is CC1CC=CC(=N)C1c1ccc(-c2ccccc2)cc1. The van der Waals surface area contributed by atoms with Gasteiger partial charge in [0.05, 0.1) is 0 Å². The quantitative estimate of drug-likeness (QED) is 0.782. The summed E-state index contributed by atoms with van der Waals surface area (Å²) in [7, 11) is 0. The van der Waals surface area contributed by atoms with E-state index < -0.39 is 0 Å². The maximum atomic E-state index is 8.14. The van der Waals surface area contributed by atoms with Crippen molar-refractivity contribution < 1.29 is 0 Å². The number of benzene rings is 2. The van der Waals surface area contributed by atoms with Gasteiger partial charge in [-0.2, -0.15) is 0 Å². The van der Waals surface area contributed by atoms with Gasteiger partial charge in [0, 0.05) is 11.6 Å². The predicted molar refractivity (Wildman–Crippen MR) is 85.3 cm³/mol. The van der Waals surface area contributed by atoms with E-state index in [-0.39, 0.29) is 5.92 Å². The Bertz CT molecular complexity index is 623. The van der Waals surface area contributed by atoms with E-state index in [0.717, 1.165) is 12.1 Å². The summed E-state index contributed by atoms with van der Waals surface area (Å²) in [5.41, 5.74) is 4.47. The van der Waals surface area contributed by atoms with Gasteiger partial charge in [-0.1, -0.05) is 67.6 Å². The zero-order chi connectivity index (χ0) is 13.9. The number of hydrogen-bond donors (Lipinski definition) is 1. The molecule has 2 atom stereocenters. The highest BCUT2D eigenvalue weighted by Crippen LogP contribution is 2.33. The molecule has 1 N–H and O–H groups in total. The molecule has 0 aliphatic heterocycles. The van der Waals surface area contributed by atoms with Crippen LogP contribution >= 0.6 is 0 Å². The average Bonchev–Trinajstić information content (AvgIpc) is 2.49. The Morgan fingerprint density at radius 3 is 2.20 bits per heavy atom. The Hall–Kier alpha value is -2.15. The molecule has 100 valence electrons. The first-order chi connectivity index (χ1) is 9.75. The fraction of sp³-hybridized carbons (Fsp3) is 0.211. The molecule has 2 aromatic carbocycles. The zero-order valence-corrected chi connectivity index (χ0v) is 11.7. The highest BCUT2D eigenvalue weighted by Gasteiger charge is 2.24. The van der Waals surface area contributed by atoms with E-state index in [4.69, 9.17) is 5.41 Å². The fourth-order valence-electron chi connectivity index (χ4n) is 2.98. The summed E-state index contributed by atoms with van der Waals surface area (Å²) < 4.78 is 0. The molecular weight excluding hydrogens is 242 g/mol. The summed E-state index contributed by atoms with van der Waals surface area (Å²) >= 11 is 0. The van der Waals surface area contributed by atoms with Crippen molar-refractivity contribution in [1.29, 1.82) is 5.41 Å². The van der Waals surface area contributed by atoms with Gasteiger partial charge in [-0.25, -0.2) is 0 Å². The first-order valence-corrected chi connectivity index (χ1v) is 7.16. The summed E-state index contributed by atoms with van der Waals surface area (Å²) in [6.07, 6.45) is 5.13. The highest BCUT2D eigenvalue weighted by molar-refractivity contribution is 5.98. The largest absolute Gasteiger partial charge is 0.305 e. The van der Waals surface area contributed by atoms with Gasteiger partial charge in [0.2, 0.25) is 0 Å². The van der Waals surface area contributed by atoms with Gasteiger partial charge in [-0.15, -0.1) is 0 Å². The van der Waals surface area contributed by atoms with E-state index in [0.29, 0.717) is 5.92 Å². The number of nitrogens with one attached hydrogen (secondary N) is 1. The smallest absolute Gasteiger partial charge is 0.0388 e. The Labute approximate surface area is 120 Å². The van der Waals surface area contributed by atoms with Crippen LogP contribution < -0.4 is 0 Å². The summed E-state index contributed by atoms with van der Waals surface area (Å²) in [6, 6.07) is 19.1. The van der Waals surface area contributed by atoms with Crippen LogP contribution in [0.5, 0.6) is 0 Å². The first-order valence-electron chi connectivity index (χ1n) is 7.16. The molecule has 0 spiro atoms. The predicted octanol–water partition coefficient (Wildman–Crippen LogP) is 5.05. The van der Waals surface area contributed by atoms with Crippen LogP contribution in [0.3, 0.4) is 0 Å². The van der Waals surface area contributed by atoms with Gasteiger partial charge in [0.1, 0.15) is 0 Å². The molecule has 0 saturated heterocycles. The van der Waals surface area contributed by atoms with Crippen molar-refractivity contribution in [3.63, 3.8) is 0 Å². The molecule has 0 heterocycles. The molecule has 0 amide bonds. The van der Waals surface area contributed by atoms with Crippen LogP contribution in [-0.2, 0) is 0 Å². The molecule has 2 aromatic rings. The standard InChI is InChI=1S/C19H19N/c1-14-6-5-9-18(20)19(14)17-12-10-16(11-13-17)15-7-3-2-4-8-15/h2-5,7-14,19-20H,6H2,1H3. The molecule has 1 nitrogen and oxygen atoms in total. The van der Waals surface area contributed by atoms with Crippen LogP contribution in [0.2, 0.25) is 0 Å². The zero-order valence-electron chi connectivity index (χ0n) is 11.7. The van der Waals surface area contributed by atoms with E-state index in [1.165, 1.54) is 16.7 Å². The third-order valence-corrected chi connectivity index (χ3v) is 4.09. The normalized spacial score (nSPS) is 21.9. The van der Waals surface area contributed by atoms with Crippen LogP contribution in [0.1, 0.15) is 24.8 Å². The Balaban J connectivity index is 1.90. The summed E-state index contributed by atoms with van der Waals surface area (Å²) in [5, 5.41) is 8.14. The Morgan fingerprint density at radius 1 is 0.900 bits per heavy atom. The molecule has 0 saturated carbocycles. The van der Waals surface area contributed by atoms with Crippen LogP contribution in [0.4, 0.5) is 0 Å². The van der Waals surface area contributed by atoms with E-state index in [9.17, 15) is 0 Å². The van der Waals surface area contributed by atoms with Crippen LogP contribution in [0.25, 0.3) is 11.1 Å². The molecule has 0 bridgehead atoms. The lowest BCUT2D eigenvalue weighted by Gasteiger charge is -2.26. The lowest BCUT2D eigenvalue weighted by atomic mass is 9.78.